The van der Waals surface area contributed by atoms with Crippen molar-refractivity contribution in [3.05, 3.63) is 101 Å². The molecule has 0 saturated carbocycles. The van der Waals surface area contributed by atoms with E-state index in [0.29, 0.717) is 13.0 Å². The number of carbonyl (C=O) groups excluding carboxylic acids is 1. The van der Waals surface area contributed by atoms with Gasteiger partial charge in [-0.05, 0) is 61.6 Å². The van der Waals surface area contributed by atoms with Gasteiger partial charge in [-0.2, -0.15) is 0 Å². The highest BCUT2D eigenvalue weighted by Gasteiger charge is 2.21. The highest BCUT2D eigenvalue weighted by Crippen LogP contribution is 2.21. The van der Waals surface area contributed by atoms with Gasteiger partial charge in [-0.3, -0.25) is 4.79 Å². The Morgan fingerprint density at radius 3 is 2.26 bits per heavy atom. The number of aliphatic hydroxyl groups excluding tert-OH is 1. The van der Waals surface area contributed by atoms with Gasteiger partial charge >= 0.3 is 0 Å². The minimum absolute atomic E-state index is 0.0139. The van der Waals surface area contributed by atoms with Crippen molar-refractivity contribution >= 4 is 5.91 Å². The fraction of sp³-hybridized carbons (Fsp3) is 0.345. The third-order valence-electron chi connectivity index (χ3n) is 6.30. The second-order valence-corrected chi connectivity index (χ2v) is 9.64. The van der Waals surface area contributed by atoms with Crippen LogP contribution in [0.5, 0.6) is 5.75 Å². The Kier molecular flexibility index (Phi) is 8.48. The highest BCUT2D eigenvalue weighted by molar-refractivity contribution is 5.79. The average Bonchev–Trinajstić information content (AvgIpc) is 2.82. The standard InChI is InChI=1S/C29H36N2O3/c1-21(24-11-6-5-7-12-24)31(4)28(34)18-22-9-8-10-23(17-22)19-29(2,3)30-20-27(33)25-13-15-26(32)16-14-25/h5-17,21,27,30,32-33H,18-20H2,1-4H3/t21-,27?/m0/s1. The van der Waals surface area contributed by atoms with Crippen LogP contribution in [-0.4, -0.2) is 40.2 Å². The van der Waals surface area contributed by atoms with Crippen LogP contribution in [0.2, 0.25) is 0 Å². The van der Waals surface area contributed by atoms with Crippen molar-refractivity contribution in [3.63, 3.8) is 0 Å². The first-order chi connectivity index (χ1) is 16.1. The van der Waals surface area contributed by atoms with Crippen LogP contribution in [0.3, 0.4) is 0 Å². The number of hydrogen-bond donors (Lipinski definition) is 3. The van der Waals surface area contributed by atoms with Crippen LogP contribution in [-0.2, 0) is 17.6 Å². The minimum atomic E-state index is -0.661. The molecule has 0 radical (unpaired) electrons. The molecule has 0 aliphatic heterocycles. The van der Waals surface area contributed by atoms with E-state index in [1.807, 2.05) is 56.4 Å². The van der Waals surface area contributed by atoms with Crippen molar-refractivity contribution in [2.45, 2.75) is 51.3 Å². The van der Waals surface area contributed by atoms with E-state index in [2.05, 4.69) is 31.3 Å². The number of hydrogen-bond acceptors (Lipinski definition) is 4. The SMILES string of the molecule is C[C@@H](c1ccccc1)N(C)C(=O)Cc1cccc(CC(C)(C)NCC(O)c2ccc(O)cc2)c1. The van der Waals surface area contributed by atoms with E-state index in [-0.39, 0.29) is 23.2 Å². The lowest BCUT2D eigenvalue weighted by molar-refractivity contribution is -0.131. The first kappa shape index (κ1) is 25.5. The van der Waals surface area contributed by atoms with E-state index < -0.39 is 6.10 Å². The highest BCUT2D eigenvalue weighted by atomic mass is 16.3. The molecule has 0 bridgehead atoms. The minimum Gasteiger partial charge on any atom is -0.508 e. The quantitative estimate of drug-likeness (QED) is 0.406. The number of β-amino-alcohol motifs (C(OH)–C–C–N with tert-alkyl or cyclic N) is 1. The summed E-state index contributed by atoms with van der Waals surface area (Å²) in [6.45, 7) is 6.65. The number of amides is 1. The Hall–Kier alpha value is -3.15. The van der Waals surface area contributed by atoms with Crippen molar-refractivity contribution in [2.75, 3.05) is 13.6 Å². The van der Waals surface area contributed by atoms with E-state index >= 15 is 0 Å². The van der Waals surface area contributed by atoms with Gasteiger partial charge in [-0.1, -0.05) is 66.7 Å². The van der Waals surface area contributed by atoms with E-state index in [1.165, 1.54) is 0 Å². The second kappa shape index (κ2) is 11.3. The molecule has 0 spiro atoms. The van der Waals surface area contributed by atoms with Gasteiger partial charge in [0, 0.05) is 19.1 Å². The Morgan fingerprint density at radius 2 is 1.59 bits per heavy atom. The molecule has 0 saturated heterocycles. The summed E-state index contributed by atoms with van der Waals surface area (Å²) in [6.07, 6.45) is 0.452. The summed E-state index contributed by atoms with van der Waals surface area (Å²) in [5.74, 6) is 0.270. The first-order valence-corrected chi connectivity index (χ1v) is 11.7. The molecule has 0 aromatic heterocycles. The van der Waals surface area contributed by atoms with Crippen LogP contribution in [0, 0.1) is 0 Å². The molecule has 1 unspecified atom stereocenters. The molecule has 0 aliphatic carbocycles. The maximum atomic E-state index is 12.9. The van der Waals surface area contributed by atoms with Gasteiger partial charge in [0.25, 0.3) is 0 Å². The molecular formula is C29H36N2O3. The van der Waals surface area contributed by atoms with Gasteiger partial charge in [-0.15, -0.1) is 0 Å². The Labute approximate surface area is 203 Å². The lowest BCUT2D eigenvalue weighted by atomic mass is 9.93. The zero-order chi connectivity index (χ0) is 24.7. The lowest BCUT2D eigenvalue weighted by Crippen LogP contribution is -2.43. The monoisotopic (exact) mass is 460 g/mol. The average molecular weight is 461 g/mol. The molecule has 1 amide bonds. The lowest BCUT2D eigenvalue weighted by Gasteiger charge is -2.28. The van der Waals surface area contributed by atoms with E-state index in [0.717, 1.165) is 28.7 Å². The number of rotatable bonds is 10. The van der Waals surface area contributed by atoms with E-state index in [9.17, 15) is 15.0 Å². The molecular weight excluding hydrogens is 424 g/mol. The maximum Gasteiger partial charge on any atom is 0.227 e. The summed E-state index contributed by atoms with van der Waals surface area (Å²) >= 11 is 0. The number of likely N-dealkylation sites (N-methyl/N-ethyl adjacent to an activating group) is 1. The second-order valence-electron chi connectivity index (χ2n) is 9.64. The predicted molar refractivity (Wildman–Crippen MR) is 137 cm³/mol. The molecule has 3 aromatic rings. The van der Waals surface area contributed by atoms with Crippen molar-refractivity contribution in [1.29, 1.82) is 0 Å². The van der Waals surface area contributed by atoms with Crippen LogP contribution < -0.4 is 5.32 Å². The molecule has 3 rings (SSSR count). The number of aliphatic hydroxyl groups is 1. The molecule has 3 aromatic carbocycles. The van der Waals surface area contributed by atoms with Gasteiger partial charge in [0.05, 0.1) is 18.6 Å². The van der Waals surface area contributed by atoms with E-state index in [4.69, 9.17) is 0 Å². The molecule has 5 heteroatoms. The zero-order valence-electron chi connectivity index (χ0n) is 20.5. The largest absolute Gasteiger partial charge is 0.508 e. The predicted octanol–water partition coefficient (Wildman–Crippen LogP) is 4.80. The summed E-state index contributed by atoms with van der Waals surface area (Å²) in [7, 11) is 1.86. The molecule has 5 nitrogen and oxygen atoms in total. The van der Waals surface area contributed by atoms with Gasteiger partial charge < -0.3 is 20.4 Å². The summed E-state index contributed by atoms with van der Waals surface area (Å²) in [5.41, 5.74) is 3.76. The smallest absolute Gasteiger partial charge is 0.227 e. The van der Waals surface area contributed by atoms with Gasteiger partial charge in [0.2, 0.25) is 5.91 Å². The molecule has 0 aliphatic rings. The topological polar surface area (TPSA) is 72.8 Å². The van der Waals surface area contributed by atoms with Crippen LogP contribution in [0.25, 0.3) is 0 Å². The summed E-state index contributed by atoms with van der Waals surface area (Å²) in [5, 5.41) is 23.3. The first-order valence-electron chi connectivity index (χ1n) is 11.7. The Morgan fingerprint density at radius 1 is 0.941 bits per heavy atom. The van der Waals surface area contributed by atoms with E-state index in [1.54, 1.807) is 29.2 Å². The Bertz CT molecular complexity index is 1060. The third kappa shape index (κ3) is 7.17. The maximum absolute atomic E-state index is 12.9. The normalized spacial score (nSPS) is 13.3. The molecule has 0 heterocycles. The number of aromatic hydroxyl groups is 1. The van der Waals surface area contributed by atoms with Crippen molar-refractivity contribution in [1.82, 2.24) is 10.2 Å². The number of benzene rings is 3. The fourth-order valence-corrected chi connectivity index (χ4v) is 4.08. The van der Waals surface area contributed by atoms with Gasteiger partial charge in [0.1, 0.15) is 5.75 Å². The number of carbonyl (C=O) groups is 1. The molecule has 0 fully saturated rings. The number of phenols is 1. The van der Waals surface area contributed by atoms with Crippen molar-refractivity contribution in [2.24, 2.45) is 0 Å². The van der Waals surface area contributed by atoms with Crippen molar-refractivity contribution in [3.8, 4) is 5.75 Å². The molecule has 34 heavy (non-hydrogen) atoms. The number of nitrogens with one attached hydrogen (secondary N) is 1. The number of nitrogens with zero attached hydrogens (tertiary/aromatic N) is 1. The summed E-state index contributed by atoms with van der Waals surface area (Å²) in [6, 6.07) is 24.8. The van der Waals surface area contributed by atoms with Gasteiger partial charge in [0.15, 0.2) is 0 Å². The van der Waals surface area contributed by atoms with Crippen LogP contribution in [0.4, 0.5) is 0 Å². The molecule has 2 atom stereocenters. The van der Waals surface area contributed by atoms with Crippen LogP contribution in [0.1, 0.15) is 55.2 Å². The Balaban J connectivity index is 1.57. The van der Waals surface area contributed by atoms with Crippen LogP contribution >= 0.6 is 0 Å². The van der Waals surface area contributed by atoms with Crippen LogP contribution in [0.15, 0.2) is 78.9 Å². The zero-order valence-corrected chi connectivity index (χ0v) is 20.5. The number of phenolic OH excluding ortho intramolecular Hbond substituents is 1. The van der Waals surface area contributed by atoms with Gasteiger partial charge in [-0.25, -0.2) is 0 Å². The summed E-state index contributed by atoms with van der Waals surface area (Å²) in [4.78, 5) is 14.7. The molecule has 180 valence electrons. The third-order valence-corrected chi connectivity index (χ3v) is 6.30. The fourth-order valence-electron chi connectivity index (χ4n) is 4.08. The van der Waals surface area contributed by atoms with Crippen molar-refractivity contribution < 1.29 is 15.0 Å². The summed E-state index contributed by atoms with van der Waals surface area (Å²) < 4.78 is 0. The molecule has 3 N–H and O–H groups in total.